The molecule has 0 radical (unpaired) electrons. The van der Waals surface area contributed by atoms with Gasteiger partial charge < -0.3 is 25.6 Å². The van der Waals surface area contributed by atoms with Crippen LogP contribution in [-0.2, 0) is 24.3 Å². The summed E-state index contributed by atoms with van der Waals surface area (Å²) in [4.78, 5) is 39.4. The molecule has 198 valence electrons. The minimum absolute atomic E-state index is 0.0522. The van der Waals surface area contributed by atoms with Crippen LogP contribution in [-0.4, -0.2) is 85.6 Å². The Hall–Kier alpha value is -3.30. The molecule has 0 spiro atoms. The summed E-state index contributed by atoms with van der Waals surface area (Å²) in [5.74, 6) is -1.27. The van der Waals surface area contributed by atoms with Crippen molar-refractivity contribution in [3.63, 3.8) is 0 Å². The van der Waals surface area contributed by atoms with Crippen LogP contribution in [0, 0.1) is 10.1 Å². The number of nitrogens with one attached hydrogen (secondary N) is 2. The Labute approximate surface area is 209 Å². The van der Waals surface area contributed by atoms with E-state index in [4.69, 9.17) is 10.5 Å². The van der Waals surface area contributed by atoms with Gasteiger partial charge in [-0.15, -0.1) is 0 Å². The van der Waals surface area contributed by atoms with Gasteiger partial charge in [0, 0.05) is 19.7 Å². The number of amides is 2. The van der Waals surface area contributed by atoms with Crippen molar-refractivity contribution in [2.24, 2.45) is 10.8 Å². The molecule has 15 heteroatoms. The zero-order valence-corrected chi connectivity index (χ0v) is 20.7. The fourth-order valence-corrected chi connectivity index (χ4v) is 5.61. The van der Waals surface area contributed by atoms with Crippen molar-refractivity contribution < 1.29 is 27.8 Å². The number of benzene rings is 1. The van der Waals surface area contributed by atoms with Crippen LogP contribution in [0.4, 0.5) is 0 Å². The van der Waals surface area contributed by atoms with E-state index in [2.05, 4.69) is 15.1 Å². The van der Waals surface area contributed by atoms with Crippen LogP contribution in [0.5, 0.6) is 0 Å². The van der Waals surface area contributed by atoms with E-state index < -0.39 is 45.2 Å². The molecule has 36 heavy (non-hydrogen) atoms. The van der Waals surface area contributed by atoms with Gasteiger partial charge in [0.2, 0.25) is 21.8 Å². The average Bonchev–Trinajstić information content (AvgIpc) is 2.83. The zero-order valence-electron chi connectivity index (χ0n) is 19.9. The van der Waals surface area contributed by atoms with E-state index in [1.54, 1.807) is 25.1 Å². The van der Waals surface area contributed by atoms with Gasteiger partial charge in [-0.25, -0.2) is 18.5 Å². The summed E-state index contributed by atoms with van der Waals surface area (Å²) < 4.78 is 33.4. The molecule has 3 rings (SSSR count). The average molecular weight is 526 g/mol. The molecule has 2 aliphatic heterocycles. The number of likely N-dealkylation sites (tertiary alicyclic amines) is 2. The molecule has 2 fully saturated rings. The highest BCUT2D eigenvalue weighted by molar-refractivity contribution is 7.89. The number of carbonyl (C=O) groups excluding carboxylic acids is 2. The van der Waals surface area contributed by atoms with Gasteiger partial charge in [-0.2, -0.15) is 4.72 Å². The van der Waals surface area contributed by atoms with Gasteiger partial charge in [-0.05, 0) is 44.7 Å². The third-order valence-corrected chi connectivity index (χ3v) is 7.43. The number of hydrazone groups is 1. The summed E-state index contributed by atoms with van der Waals surface area (Å²) in [6.07, 6.45) is 1.19. The number of rotatable bonds is 9. The number of guanidine groups is 1. The lowest BCUT2D eigenvalue weighted by atomic mass is 10.0. The van der Waals surface area contributed by atoms with E-state index in [1.165, 1.54) is 21.9 Å². The molecule has 2 heterocycles. The van der Waals surface area contributed by atoms with Crippen LogP contribution in [0.2, 0.25) is 0 Å². The maximum Gasteiger partial charge on any atom is 0.270 e. The predicted molar refractivity (Wildman–Crippen MR) is 128 cm³/mol. The molecule has 0 aromatic heterocycles. The molecule has 1 aromatic carbocycles. The minimum Gasteiger partial charge on any atom is -0.364 e. The number of sulfonamides is 1. The summed E-state index contributed by atoms with van der Waals surface area (Å²) in [5.41, 5.74) is 5.77. The van der Waals surface area contributed by atoms with Crippen molar-refractivity contribution >= 4 is 27.8 Å². The highest BCUT2D eigenvalue weighted by Crippen LogP contribution is 2.20. The van der Waals surface area contributed by atoms with Crippen LogP contribution in [0.25, 0.3) is 0 Å². The minimum atomic E-state index is -3.90. The van der Waals surface area contributed by atoms with Crippen LogP contribution >= 0.6 is 0 Å². The lowest BCUT2D eigenvalue weighted by Gasteiger charge is -2.41. The largest absolute Gasteiger partial charge is 0.364 e. The van der Waals surface area contributed by atoms with E-state index in [1.807, 2.05) is 0 Å². The Morgan fingerprint density at radius 2 is 1.94 bits per heavy atom. The Balaban J connectivity index is 1.63. The van der Waals surface area contributed by atoms with Gasteiger partial charge >= 0.3 is 0 Å². The molecule has 0 bridgehead atoms. The number of hydrogen-bond donors (Lipinski definition) is 3. The fraction of sp³-hybridized carbons (Fsp3) is 0.571. The Kier molecular flexibility index (Phi) is 9.17. The first-order valence-electron chi connectivity index (χ1n) is 11.6. The standard InChI is InChI=1S/C21H31N7O7S/c1-2-35-20-17(11-7-13-27(20)21(22)24-28(31)32)23-18(29)14-26-12-6-10-16(19(26)30)25-36(33,34)15-8-4-3-5-9-15/h3-5,8-9,16-17,20,25H,2,6-7,10-14H2,1H3,(H2,22,24)(H,23,29)/t16-,17-,20?/m0/s1. The maximum atomic E-state index is 13.0. The van der Waals surface area contributed by atoms with Crippen molar-refractivity contribution in [3.8, 4) is 0 Å². The van der Waals surface area contributed by atoms with Crippen LogP contribution in [0.15, 0.2) is 40.3 Å². The van der Waals surface area contributed by atoms with Gasteiger partial charge in [0.25, 0.3) is 5.96 Å². The summed E-state index contributed by atoms with van der Waals surface area (Å²) in [5, 5.41) is 15.8. The normalized spacial score (nSPS) is 23.4. The van der Waals surface area contributed by atoms with Gasteiger partial charge in [-0.1, -0.05) is 18.2 Å². The van der Waals surface area contributed by atoms with Crippen molar-refractivity contribution in [1.29, 1.82) is 0 Å². The number of nitro groups is 1. The van der Waals surface area contributed by atoms with Gasteiger partial charge in [-0.3, -0.25) is 9.59 Å². The van der Waals surface area contributed by atoms with E-state index in [0.29, 0.717) is 38.8 Å². The maximum absolute atomic E-state index is 13.0. The number of piperidine rings is 2. The SMILES string of the molecule is CCOC1[C@@H](NC(=O)CN2CCC[C@H](NS(=O)(=O)c3ccccc3)C2=O)CCCN1/C(N)=N/[N+](=O)[O-]. The molecule has 0 saturated carbocycles. The first kappa shape index (κ1) is 27.3. The second kappa shape index (κ2) is 12.1. The quantitative estimate of drug-likeness (QED) is 0.164. The molecule has 4 N–H and O–H groups in total. The number of nitrogens with two attached hydrogens (primary N) is 1. The molecular weight excluding hydrogens is 494 g/mol. The fourth-order valence-electron chi connectivity index (χ4n) is 4.36. The van der Waals surface area contributed by atoms with E-state index >= 15 is 0 Å². The van der Waals surface area contributed by atoms with E-state index in [0.717, 1.165) is 0 Å². The second-order valence-electron chi connectivity index (χ2n) is 8.44. The topological polar surface area (TPSA) is 190 Å². The molecule has 14 nitrogen and oxygen atoms in total. The van der Waals surface area contributed by atoms with E-state index in [9.17, 15) is 28.1 Å². The van der Waals surface area contributed by atoms with E-state index in [-0.39, 0.29) is 24.0 Å². The van der Waals surface area contributed by atoms with Crippen LogP contribution < -0.4 is 15.8 Å². The van der Waals surface area contributed by atoms with Crippen molar-refractivity contribution in [2.75, 3.05) is 26.2 Å². The number of hydrogen-bond acceptors (Lipinski definition) is 7. The monoisotopic (exact) mass is 525 g/mol. The third kappa shape index (κ3) is 6.89. The number of carbonyl (C=O) groups is 2. The molecule has 0 aliphatic carbocycles. The molecule has 1 unspecified atom stereocenters. The first-order chi connectivity index (χ1) is 17.1. The van der Waals surface area contributed by atoms with Crippen LogP contribution in [0.3, 0.4) is 0 Å². The van der Waals surface area contributed by atoms with Crippen LogP contribution in [0.1, 0.15) is 32.6 Å². The van der Waals surface area contributed by atoms with Crippen molar-refractivity contribution in [2.45, 2.75) is 55.8 Å². The molecule has 3 atom stereocenters. The van der Waals surface area contributed by atoms with Gasteiger partial charge in [0.05, 0.1) is 17.5 Å². The molecule has 2 saturated heterocycles. The smallest absolute Gasteiger partial charge is 0.270 e. The summed E-state index contributed by atoms with van der Waals surface area (Å²) >= 11 is 0. The van der Waals surface area contributed by atoms with Gasteiger partial charge in [0.1, 0.15) is 11.1 Å². The number of nitrogens with zero attached hydrogens (tertiary/aromatic N) is 4. The highest BCUT2D eigenvalue weighted by atomic mass is 32.2. The molecule has 2 aliphatic rings. The zero-order chi connectivity index (χ0) is 26.3. The lowest BCUT2D eigenvalue weighted by molar-refractivity contribution is -0.486. The van der Waals surface area contributed by atoms with Crippen molar-refractivity contribution in [3.05, 3.63) is 40.4 Å². The second-order valence-corrected chi connectivity index (χ2v) is 10.2. The third-order valence-electron chi connectivity index (χ3n) is 5.94. The number of ether oxygens (including phenoxy) is 1. The molecule has 2 amide bonds. The Morgan fingerprint density at radius 1 is 1.25 bits per heavy atom. The summed E-state index contributed by atoms with van der Waals surface area (Å²) in [6, 6.07) is 6.23. The molecular formula is C21H31N7O7S. The highest BCUT2D eigenvalue weighted by Gasteiger charge is 2.37. The Bertz CT molecular complexity index is 1080. The Morgan fingerprint density at radius 3 is 2.61 bits per heavy atom. The predicted octanol–water partition coefficient (Wildman–Crippen LogP) is -0.594. The lowest BCUT2D eigenvalue weighted by Crippen LogP contribution is -2.61. The summed E-state index contributed by atoms with van der Waals surface area (Å²) in [7, 11) is -3.90. The first-order valence-corrected chi connectivity index (χ1v) is 13.1. The summed E-state index contributed by atoms with van der Waals surface area (Å²) in [6.45, 7) is 2.43. The van der Waals surface area contributed by atoms with Crippen molar-refractivity contribution in [1.82, 2.24) is 19.8 Å². The van der Waals surface area contributed by atoms with Gasteiger partial charge in [0.15, 0.2) is 11.3 Å². The molecule has 1 aromatic rings.